The summed E-state index contributed by atoms with van der Waals surface area (Å²) in [7, 11) is 3.19. The lowest BCUT2D eigenvalue weighted by molar-refractivity contribution is -0.143. The van der Waals surface area contributed by atoms with Crippen LogP contribution in [0.5, 0.6) is 11.5 Å². The first-order chi connectivity index (χ1) is 15.1. The summed E-state index contributed by atoms with van der Waals surface area (Å²) in [5.74, 6) is 1.16. The minimum absolute atomic E-state index is 0.0423. The summed E-state index contributed by atoms with van der Waals surface area (Å²) < 4.78 is 16.6. The smallest absolute Gasteiger partial charge is 0.242 e. The Bertz CT molecular complexity index is 884. The molecule has 2 aromatic rings. The summed E-state index contributed by atoms with van der Waals surface area (Å²) in [5.41, 5.74) is 1.12. The number of hydrogen-bond acceptors (Lipinski definition) is 6. The summed E-state index contributed by atoms with van der Waals surface area (Å²) in [5, 5.41) is 2.06. The monoisotopic (exact) mass is 446 g/mol. The summed E-state index contributed by atoms with van der Waals surface area (Å²) in [6.07, 6.45) is 1.16. The summed E-state index contributed by atoms with van der Waals surface area (Å²) in [6, 6.07) is 9.33. The van der Waals surface area contributed by atoms with Gasteiger partial charge in [-0.3, -0.25) is 9.59 Å². The number of nitrogens with zero attached hydrogens (tertiary/aromatic N) is 2. The molecule has 2 heterocycles. The summed E-state index contributed by atoms with van der Waals surface area (Å²) >= 11 is 1.71. The molecule has 168 valence electrons. The molecule has 1 aromatic heterocycles. The summed E-state index contributed by atoms with van der Waals surface area (Å²) in [6.45, 7) is 3.55. The number of carbonyl (C=O) groups excluding carboxylic acids is 2. The van der Waals surface area contributed by atoms with Crippen molar-refractivity contribution in [1.82, 2.24) is 9.80 Å². The second-order valence-electron chi connectivity index (χ2n) is 7.28. The van der Waals surface area contributed by atoms with Gasteiger partial charge in [0.15, 0.2) is 11.5 Å². The maximum Gasteiger partial charge on any atom is 0.242 e. The minimum Gasteiger partial charge on any atom is -0.493 e. The molecule has 1 aliphatic rings. The number of fused-ring (bicyclic) bond motifs is 1. The average molecular weight is 447 g/mol. The molecule has 2 amide bonds. The Labute approximate surface area is 187 Å². The van der Waals surface area contributed by atoms with Gasteiger partial charge in [0, 0.05) is 31.5 Å². The third kappa shape index (κ3) is 5.57. The number of hydrogen-bond donors (Lipinski definition) is 0. The van der Waals surface area contributed by atoms with Gasteiger partial charge in [-0.2, -0.15) is 0 Å². The largest absolute Gasteiger partial charge is 0.493 e. The van der Waals surface area contributed by atoms with Crippen molar-refractivity contribution < 1.29 is 23.8 Å². The van der Waals surface area contributed by atoms with E-state index in [1.807, 2.05) is 29.2 Å². The highest BCUT2D eigenvalue weighted by Crippen LogP contribution is 2.35. The van der Waals surface area contributed by atoms with Crippen molar-refractivity contribution in [3.8, 4) is 11.5 Å². The van der Waals surface area contributed by atoms with Crippen molar-refractivity contribution in [3.05, 3.63) is 46.2 Å². The van der Waals surface area contributed by atoms with Crippen LogP contribution in [0.25, 0.3) is 0 Å². The van der Waals surface area contributed by atoms with Crippen molar-refractivity contribution in [1.29, 1.82) is 0 Å². The van der Waals surface area contributed by atoms with Gasteiger partial charge in [-0.25, -0.2) is 0 Å². The van der Waals surface area contributed by atoms with E-state index >= 15 is 0 Å². The van der Waals surface area contributed by atoms with E-state index in [2.05, 4.69) is 11.4 Å². The van der Waals surface area contributed by atoms with Crippen molar-refractivity contribution in [3.63, 3.8) is 0 Å². The molecule has 31 heavy (non-hydrogen) atoms. The number of benzene rings is 1. The van der Waals surface area contributed by atoms with Gasteiger partial charge in [-0.1, -0.05) is 19.1 Å². The highest BCUT2D eigenvalue weighted by atomic mass is 32.1. The fourth-order valence-electron chi connectivity index (χ4n) is 3.75. The first-order valence-corrected chi connectivity index (χ1v) is 11.3. The fraction of sp³-hybridized carbons (Fsp3) is 0.478. The SMILES string of the molecule is CCC(=O)N(CCOC)CC(=O)N1CCc2sccc2C1COc1ccccc1OC. The molecule has 0 spiro atoms. The highest BCUT2D eigenvalue weighted by molar-refractivity contribution is 7.10. The molecule has 0 saturated heterocycles. The van der Waals surface area contributed by atoms with Crippen LogP contribution in [0.1, 0.15) is 29.8 Å². The second kappa shape index (κ2) is 11.2. The molecule has 1 aromatic carbocycles. The lowest BCUT2D eigenvalue weighted by Crippen LogP contribution is -2.48. The van der Waals surface area contributed by atoms with E-state index in [4.69, 9.17) is 14.2 Å². The van der Waals surface area contributed by atoms with E-state index in [0.29, 0.717) is 44.2 Å². The van der Waals surface area contributed by atoms with E-state index in [1.54, 1.807) is 37.4 Å². The molecule has 1 aliphatic heterocycles. The van der Waals surface area contributed by atoms with Gasteiger partial charge in [-0.05, 0) is 35.6 Å². The van der Waals surface area contributed by atoms with Crippen LogP contribution in [0.2, 0.25) is 0 Å². The maximum atomic E-state index is 13.3. The van der Waals surface area contributed by atoms with Crippen LogP contribution in [-0.2, 0) is 20.7 Å². The minimum atomic E-state index is -0.214. The predicted molar refractivity (Wildman–Crippen MR) is 120 cm³/mol. The molecule has 0 radical (unpaired) electrons. The zero-order chi connectivity index (χ0) is 22.2. The lowest BCUT2D eigenvalue weighted by Gasteiger charge is -2.37. The molecule has 8 heteroatoms. The van der Waals surface area contributed by atoms with Gasteiger partial charge in [-0.15, -0.1) is 11.3 Å². The molecule has 7 nitrogen and oxygen atoms in total. The molecular weight excluding hydrogens is 416 g/mol. The number of methoxy groups -OCH3 is 2. The van der Waals surface area contributed by atoms with Crippen LogP contribution in [0.4, 0.5) is 0 Å². The fourth-order valence-corrected chi connectivity index (χ4v) is 4.68. The first-order valence-electron chi connectivity index (χ1n) is 10.5. The van der Waals surface area contributed by atoms with Gasteiger partial charge >= 0.3 is 0 Å². The van der Waals surface area contributed by atoms with E-state index in [0.717, 1.165) is 12.0 Å². The average Bonchev–Trinajstić information content (AvgIpc) is 3.28. The predicted octanol–water partition coefficient (Wildman–Crippen LogP) is 3.15. The molecule has 0 fully saturated rings. The first kappa shape index (κ1) is 23.1. The number of rotatable bonds is 10. The van der Waals surface area contributed by atoms with Gasteiger partial charge < -0.3 is 24.0 Å². The van der Waals surface area contributed by atoms with E-state index in [-0.39, 0.29) is 24.4 Å². The Morgan fingerprint density at radius 2 is 1.97 bits per heavy atom. The number of para-hydroxylation sites is 2. The van der Waals surface area contributed by atoms with Crippen LogP contribution in [0.15, 0.2) is 35.7 Å². The van der Waals surface area contributed by atoms with Crippen LogP contribution in [-0.4, -0.2) is 68.7 Å². The molecule has 0 N–H and O–H groups in total. The van der Waals surface area contributed by atoms with Crippen molar-refractivity contribution in [2.24, 2.45) is 0 Å². The molecule has 1 unspecified atom stereocenters. The van der Waals surface area contributed by atoms with Crippen molar-refractivity contribution in [2.45, 2.75) is 25.8 Å². The Morgan fingerprint density at radius 1 is 1.19 bits per heavy atom. The van der Waals surface area contributed by atoms with E-state index in [1.165, 1.54) is 4.88 Å². The van der Waals surface area contributed by atoms with E-state index in [9.17, 15) is 9.59 Å². The highest BCUT2D eigenvalue weighted by Gasteiger charge is 2.33. The Morgan fingerprint density at radius 3 is 2.68 bits per heavy atom. The number of ether oxygens (including phenoxy) is 3. The topological polar surface area (TPSA) is 68.3 Å². The second-order valence-corrected chi connectivity index (χ2v) is 8.28. The lowest BCUT2D eigenvalue weighted by atomic mass is 10.0. The van der Waals surface area contributed by atoms with Crippen molar-refractivity contribution >= 4 is 23.2 Å². The number of amides is 2. The molecule has 3 rings (SSSR count). The molecule has 0 saturated carbocycles. The Hall–Kier alpha value is -2.58. The van der Waals surface area contributed by atoms with Crippen molar-refractivity contribution in [2.75, 3.05) is 47.1 Å². The van der Waals surface area contributed by atoms with Gasteiger partial charge in [0.25, 0.3) is 0 Å². The summed E-state index contributed by atoms with van der Waals surface area (Å²) in [4.78, 5) is 30.3. The third-order valence-corrected chi connectivity index (χ3v) is 6.42. The van der Waals surface area contributed by atoms with Gasteiger partial charge in [0.05, 0.1) is 26.3 Å². The molecule has 0 bridgehead atoms. The zero-order valence-electron chi connectivity index (χ0n) is 18.3. The molecular formula is C23H30N2O5S. The third-order valence-electron chi connectivity index (χ3n) is 5.43. The normalized spacial score (nSPS) is 15.3. The Kier molecular flexibility index (Phi) is 8.31. The Balaban J connectivity index is 1.77. The van der Waals surface area contributed by atoms with Crippen LogP contribution < -0.4 is 9.47 Å². The standard InChI is InChI=1S/C23H30N2O5S/c1-4-22(26)24(12-13-28-2)15-23(27)25-11-9-21-17(10-14-31-21)18(25)16-30-20-8-6-5-7-19(20)29-3/h5-8,10,14,18H,4,9,11-13,15-16H2,1-3H3. The number of carbonyl (C=O) groups is 2. The van der Waals surface area contributed by atoms with Crippen LogP contribution in [0.3, 0.4) is 0 Å². The van der Waals surface area contributed by atoms with Gasteiger partial charge in [0.2, 0.25) is 11.8 Å². The van der Waals surface area contributed by atoms with Crippen LogP contribution in [0, 0.1) is 0 Å². The van der Waals surface area contributed by atoms with Gasteiger partial charge in [0.1, 0.15) is 6.61 Å². The number of thiophene rings is 1. The van der Waals surface area contributed by atoms with Crippen LogP contribution >= 0.6 is 11.3 Å². The maximum absolute atomic E-state index is 13.3. The molecule has 1 atom stereocenters. The zero-order valence-corrected chi connectivity index (χ0v) is 19.2. The quantitative estimate of drug-likeness (QED) is 0.561. The van der Waals surface area contributed by atoms with E-state index < -0.39 is 0 Å². The molecule has 0 aliphatic carbocycles.